The third kappa shape index (κ3) is 7.54. The highest BCUT2D eigenvalue weighted by Crippen LogP contribution is 2.08. The molecule has 0 saturated heterocycles. The molecular formula is C16H17N5O4S. The maximum Gasteiger partial charge on any atom is 0.294 e. The largest absolute Gasteiger partial charge is 0.367 e. The first-order chi connectivity index (χ1) is 12.3. The van der Waals surface area contributed by atoms with E-state index in [1.54, 1.807) is 41.9 Å². The molecular weight excluding hydrogens is 358 g/mol. The minimum atomic E-state index is -4.02. The van der Waals surface area contributed by atoms with Crippen LogP contribution in [0.4, 0.5) is 0 Å². The predicted molar refractivity (Wildman–Crippen MR) is 96.3 cm³/mol. The Morgan fingerprint density at radius 3 is 2.23 bits per heavy atom. The Bertz CT molecular complexity index is 915. The summed E-state index contributed by atoms with van der Waals surface area (Å²) in [6.07, 6.45) is 1.45. The second kappa shape index (κ2) is 9.90. The van der Waals surface area contributed by atoms with Gasteiger partial charge in [-0.3, -0.25) is 9.76 Å². The minimum Gasteiger partial charge on any atom is -0.367 e. The van der Waals surface area contributed by atoms with Crippen molar-refractivity contribution in [1.29, 1.82) is 5.26 Å². The molecule has 0 aromatic heterocycles. The summed E-state index contributed by atoms with van der Waals surface area (Å²) in [5.74, 6) is -0.195. The van der Waals surface area contributed by atoms with Crippen LogP contribution in [-0.2, 0) is 10.1 Å². The zero-order valence-corrected chi connectivity index (χ0v) is 14.6. The molecule has 0 fully saturated rings. The van der Waals surface area contributed by atoms with Gasteiger partial charge in [-0.1, -0.05) is 29.8 Å². The van der Waals surface area contributed by atoms with Gasteiger partial charge in [-0.05, 0) is 36.8 Å². The second-order valence-electron chi connectivity index (χ2n) is 4.86. The van der Waals surface area contributed by atoms with Crippen molar-refractivity contribution in [2.75, 3.05) is 0 Å². The molecule has 2 aromatic carbocycles. The molecule has 0 amide bonds. The van der Waals surface area contributed by atoms with Crippen LogP contribution >= 0.6 is 0 Å². The lowest BCUT2D eigenvalue weighted by Crippen LogP contribution is -2.27. The fourth-order valence-corrected chi connectivity index (χ4v) is 2.01. The molecule has 136 valence electrons. The third-order valence-corrected chi connectivity index (χ3v) is 3.71. The van der Waals surface area contributed by atoms with Crippen molar-refractivity contribution in [2.24, 2.45) is 15.9 Å². The topological polar surface area (TPSA) is 161 Å². The maximum atomic E-state index is 10.5. The molecule has 10 heteroatoms. The zero-order valence-electron chi connectivity index (χ0n) is 13.7. The van der Waals surface area contributed by atoms with Crippen LogP contribution in [0.1, 0.15) is 16.7 Å². The molecule has 26 heavy (non-hydrogen) atoms. The number of hydroxylamine groups is 1. The van der Waals surface area contributed by atoms with Crippen LogP contribution in [0, 0.1) is 18.3 Å². The van der Waals surface area contributed by atoms with Crippen LogP contribution in [0.15, 0.2) is 63.6 Å². The van der Waals surface area contributed by atoms with E-state index >= 15 is 0 Å². The van der Waals surface area contributed by atoms with E-state index in [0.29, 0.717) is 5.56 Å². The minimum absolute atomic E-state index is 0.0666. The van der Waals surface area contributed by atoms with Crippen molar-refractivity contribution in [3.05, 3.63) is 65.2 Å². The Morgan fingerprint density at radius 2 is 1.77 bits per heavy atom. The molecule has 0 unspecified atom stereocenters. The van der Waals surface area contributed by atoms with E-state index in [1.165, 1.54) is 18.3 Å². The first-order valence-electron chi connectivity index (χ1n) is 7.07. The third-order valence-electron chi connectivity index (χ3n) is 2.85. The van der Waals surface area contributed by atoms with Gasteiger partial charge in [0.2, 0.25) is 5.96 Å². The van der Waals surface area contributed by atoms with Crippen LogP contribution in [0.2, 0.25) is 0 Å². The zero-order chi connectivity index (χ0) is 19.6. The summed E-state index contributed by atoms with van der Waals surface area (Å²) in [7, 11) is -4.02. The lowest BCUT2D eigenvalue weighted by Gasteiger charge is -1.95. The first-order valence-corrected chi connectivity index (χ1v) is 8.51. The molecule has 0 bridgehead atoms. The van der Waals surface area contributed by atoms with E-state index in [1.807, 2.05) is 13.0 Å². The summed E-state index contributed by atoms with van der Waals surface area (Å²) in [4.78, 5) is -0.0666. The molecule has 0 atom stereocenters. The van der Waals surface area contributed by atoms with Gasteiger partial charge in [-0.25, -0.2) is 5.48 Å². The van der Waals surface area contributed by atoms with Gasteiger partial charge >= 0.3 is 0 Å². The second-order valence-corrected chi connectivity index (χ2v) is 6.29. The normalized spacial score (nSPS) is 11.4. The highest BCUT2D eigenvalue weighted by Gasteiger charge is 2.06. The quantitative estimate of drug-likeness (QED) is 0.273. The van der Waals surface area contributed by atoms with Gasteiger partial charge in [-0.15, -0.1) is 5.10 Å². The van der Waals surface area contributed by atoms with Crippen LogP contribution in [0.25, 0.3) is 0 Å². The van der Waals surface area contributed by atoms with Crippen molar-refractivity contribution in [2.45, 2.75) is 11.8 Å². The summed E-state index contributed by atoms with van der Waals surface area (Å²) < 4.78 is 29.6. The summed E-state index contributed by atoms with van der Waals surface area (Å²) >= 11 is 0. The van der Waals surface area contributed by atoms with Gasteiger partial charge in [0, 0.05) is 0 Å². The Kier molecular flexibility index (Phi) is 7.91. The number of hydrogen-bond acceptors (Lipinski definition) is 6. The van der Waals surface area contributed by atoms with Crippen molar-refractivity contribution in [1.82, 2.24) is 5.48 Å². The Morgan fingerprint density at radius 1 is 1.19 bits per heavy atom. The van der Waals surface area contributed by atoms with E-state index in [-0.39, 0.29) is 10.9 Å². The summed E-state index contributed by atoms with van der Waals surface area (Å²) in [5, 5.41) is 23.9. The maximum absolute atomic E-state index is 10.5. The number of benzene rings is 2. The molecule has 0 saturated carbocycles. The summed E-state index contributed by atoms with van der Waals surface area (Å²) in [5.41, 5.74) is 9.07. The Balaban J connectivity index is 0.000000273. The van der Waals surface area contributed by atoms with Crippen LogP contribution in [0.3, 0.4) is 0 Å². The molecule has 5 N–H and O–H groups in total. The van der Waals surface area contributed by atoms with Crippen molar-refractivity contribution in [3.8, 4) is 6.07 Å². The molecule has 0 heterocycles. The van der Waals surface area contributed by atoms with E-state index < -0.39 is 10.1 Å². The monoisotopic (exact) mass is 375 g/mol. The van der Waals surface area contributed by atoms with Crippen molar-refractivity contribution in [3.63, 3.8) is 0 Å². The van der Waals surface area contributed by atoms with Crippen molar-refractivity contribution < 1.29 is 18.2 Å². The number of nitrogens with two attached hydrogens (primary N) is 1. The summed E-state index contributed by atoms with van der Waals surface area (Å²) in [6.45, 7) is 1.84. The van der Waals surface area contributed by atoms with E-state index in [2.05, 4.69) is 10.2 Å². The number of hydrogen-bond donors (Lipinski definition) is 4. The van der Waals surface area contributed by atoms with E-state index in [0.717, 1.165) is 11.1 Å². The summed E-state index contributed by atoms with van der Waals surface area (Å²) in [6, 6.07) is 14.8. The van der Waals surface area contributed by atoms with Crippen LogP contribution < -0.4 is 11.2 Å². The molecule has 0 spiro atoms. The fourth-order valence-electron chi connectivity index (χ4n) is 1.53. The Hall–Kier alpha value is -3.26. The molecule has 2 rings (SSSR count). The van der Waals surface area contributed by atoms with Gasteiger partial charge in [-0.2, -0.15) is 18.8 Å². The highest BCUT2D eigenvalue weighted by atomic mass is 32.2. The number of nitriles is 1. The molecule has 0 radical (unpaired) electrons. The van der Waals surface area contributed by atoms with E-state index in [4.69, 9.17) is 20.8 Å². The molecule has 0 aliphatic heterocycles. The van der Waals surface area contributed by atoms with Gasteiger partial charge in [0.25, 0.3) is 10.1 Å². The molecule has 0 aliphatic rings. The number of nitrogens with one attached hydrogen (secondary N) is 1. The van der Waals surface area contributed by atoms with Gasteiger partial charge in [0.1, 0.15) is 0 Å². The molecule has 2 aromatic rings. The average Bonchev–Trinajstić information content (AvgIpc) is 2.62. The smallest absolute Gasteiger partial charge is 0.294 e. The van der Waals surface area contributed by atoms with Crippen LogP contribution in [0.5, 0.6) is 0 Å². The SMILES string of the molecule is Cc1ccc(S(=O)(=O)O)cc1.N#Cc1ccc(/C=N/N=C(N)NO)cc1. The fraction of sp³-hybridized carbons (Fsp3) is 0.0625. The highest BCUT2D eigenvalue weighted by molar-refractivity contribution is 7.85. The number of aryl methyl sites for hydroxylation is 1. The first kappa shape index (κ1) is 20.8. The molecule has 0 aliphatic carbocycles. The lowest BCUT2D eigenvalue weighted by atomic mass is 10.2. The lowest BCUT2D eigenvalue weighted by molar-refractivity contribution is 0.232. The Labute approximate surface area is 150 Å². The van der Waals surface area contributed by atoms with Gasteiger partial charge in [0.15, 0.2) is 0 Å². The number of rotatable bonds is 3. The molecule has 9 nitrogen and oxygen atoms in total. The van der Waals surface area contributed by atoms with Gasteiger partial charge in [0.05, 0.1) is 22.7 Å². The van der Waals surface area contributed by atoms with E-state index in [9.17, 15) is 8.42 Å². The average molecular weight is 375 g/mol. The standard InChI is InChI=1S/C9H9N5O.C7H8O3S/c10-5-7-1-3-8(4-2-7)6-12-13-9(11)14-15;1-6-2-4-7(5-3-6)11(8,9)10/h1-4,6,15H,(H3,11,13,14);2-5H,1H3,(H,8,9,10)/b12-6+;. The van der Waals surface area contributed by atoms with Crippen molar-refractivity contribution >= 4 is 22.3 Å². The number of nitrogens with zero attached hydrogens (tertiary/aromatic N) is 3. The number of guanidine groups is 1. The van der Waals surface area contributed by atoms with Crippen LogP contribution in [-0.4, -0.2) is 30.4 Å². The van der Waals surface area contributed by atoms with Gasteiger partial charge < -0.3 is 5.73 Å². The predicted octanol–water partition coefficient (Wildman–Crippen LogP) is 1.43.